The summed E-state index contributed by atoms with van der Waals surface area (Å²) < 4.78 is 0. The van der Waals surface area contributed by atoms with Crippen molar-refractivity contribution >= 4 is 17.6 Å². The molecule has 0 amide bonds. The maximum absolute atomic E-state index is 10.8. The highest BCUT2D eigenvalue weighted by Gasteiger charge is 2.05. The van der Waals surface area contributed by atoms with E-state index in [1.54, 1.807) is 12.1 Å². The zero-order valence-corrected chi connectivity index (χ0v) is 12.5. The summed E-state index contributed by atoms with van der Waals surface area (Å²) in [6, 6.07) is 11.2. The van der Waals surface area contributed by atoms with Gasteiger partial charge in [0.05, 0.1) is 11.3 Å². The molecule has 5 heteroatoms. The SMILES string of the molecule is CN(CCc1ccc(Cl)cc1)Cc1ccc(C(=O)O)cn1. The second kappa shape index (κ2) is 7.20. The van der Waals surface area contributed by atoms with Crippen LogP contribution in [0.3, 0.4) is 0 Å². The van der Waals surface area contributed by atoms with Gasteiger partial charge in [0, 0.05) is 24.3 Å². The molecular formula is C16H17ClN2O2. The molecule has 1 aromatic heterocycles. The maximum Gasteiger partial charge on any atom is 0.337 e. The molecule has 4 nitrogen and oxygen atoms in total. The third-order valence-corrected chi connectivity index (χ3v) is 3.45. The predicted molar refractivity (Wildman–Crippen MR) is 82.7 cm³/mol. The fraction of sp³-hybridized carbons (Fsp3) is 0.250. The lowest BCUT2D eigenvalue weighted by molar-refractivity contribution is 0.0696. The molecule has 0 fully saturated rings. The molecule has 0 bridgehead atoms. The quantitative estimate of drug-likeness (QED) is 0.891. The summed E-state index contributed by atoms with van der Waals surface area (Å²) in [5, 5.41) is 9.57. The van der Waals surface area contributed by atoms with E-state index in [-0.39, 0.29) is 5.56 Å². The first-order chi connectivity index (χ1) is 10.0. The van der Waals surface area contributed by atoms with Crippen molar-refractivity contribution in [2.24, 2.45) is 0 Å². The van der Waals surface area contributed by atoms with E-state index in [4.69, 9.17) is 16.7 Å². The Bertz CT molecular complexity index is 597. The van der Waals surface area contributed by atoms with Crippen molar-refractivity contribution in [1.82, 2.24) is 9.88 Å². The molecule has 0 saturated heterocycles. The normalized spacial score (nSPS) is 10.8. The van der Waals surface area contributed by atoms with Crippen LogP contribution in [0, 0.1) is 0 Å². The summed E-state index contributed by atoms with van der Waals surface area (Å²) >= 11 is 5.86. The first-order valence-corrected chi connectivity index (χ1v) is 7.03. The number of aromatic nitrogens is 1. The number of benzene rings is 1. The van der Waals surface area contributed by atoms with Gasteiger partial charge in [0.15, 0.2) is 0 Å². The number of likely N-dealkylation sites (N-methyl/N-ethyl adjacent to an activating group) is 1. The average Bonchev–Trinajstić information content (AvgIpc) is 2.47. The molecule has 0 spiro atoms. The summed E-state index contributed by atoms with van der Waals surface area (Å²) in [6.45, 7) is 1.58. The van der Waals surface area contributed by atoms with Crippen LogP contribution in [0.4, 0.5) is 0 Å². The first-order valence-electron chi connectivity index (χ1n) is 6.66. The molecule has 0 aliphatic heterocycles. The monoisotopic (exact) mass is 304 g/mol. The van der Waals surface area contributed by atoms with Crippen LogP contribution in [0.1, 0.15) is 21.6 Å². The summed E-state index contributed by atoms with van der Waals surface area (Å²) in [5.74, 6) is -0.954. The van der Waals surface area contributed by atoms with Crippen LogP contribution in [0.2, 0.25) is 5.02 Å². The van der Waals surface area contributed by atoms with Gasteiger partial charge in [-0.2, -0.15) is 0 Å². The lowest BCUT2D eigenvalue weighted by atomic mass is 10.1. The Balaban J connectivity index is 1.85. The Hall–Kier alpha value is -1.91. The van der Waals surface area contributed by atoms with Crippen LogP contribution >= 0.6 is 11.6 Å². The molecule has 2 aromatic rings. The molecule has 0 aliphatic carbocycles. The lowest BCUT2D eigenvalue weighted by Crippen LogP contribution is -2.21. The largest absolute Gasteiger partial charge is 0.478 e. The highest BCUT2D eigenvalue weighted by Crippen LogP contribution is 2.10. The Kier molecular flexibility index (Phi) is 5.31. The summed E-state index contributed by atoms with van der Waals surface area (Å²) in [5.41, 5.74) is 2.31. The fourth-order valence-corrected chi connectivity index (χ4v) is 2.10. The number of halogens is 1. The van der Waals surface area contributed by atoms with E-state index in [1.165, 1.54) is 11.8 Å². The second-order valence-electron chi connectivity index (χ2n) is 4.96. The topological polar surface area (TPSA) is 53.4 Å². The van der Waals surface area contributed by atoms with E-state index in [0.717, 1.165) is 23.7 Å². The van der Waals surface area contributed by atoms with Crippen molar-refractivity contribution in [3.63, 3.8) is 0 Å². The Labute approximate surface area is 129 Å². The van der Waals surface area contributed by atoms with Gasteiger partial charge in [0.1, 0.15) is 0 Å². The number of nitrogens with zero attached hydrogens (tertiary/aromatic N) is 2. The van der Waals surface area contributed by atoms with Crippen molar-refractivity contribution in [3.8, 4) is 0 Å². The van der Waals surface area contributed by atoms with Crippen LogP contribution in [-0.4, -0.2) is 34.6 Å². The zero-order valence-electron chi connectivity index (χ0n) is 11.8. The number of carboxylic acids is 1. The molecule has 0 aliphatic rings. The number of pyridine rings is 1. The van der Waals surface area contributed by atoms with E-state index in [2.05, 4.69) is 9.88 Å². The third-order valence-electron chi connectivity index (χ3n) is 3.20. The van der Waals surface area contributed by atoms with E-state index in [1.807, 2.05) is 31.3 Å². The lowest BCUT2D eigenvalue weighted by Gasteiger charge is -2.16. The highest BCUT2D eigenvalue weighted by molar-refractivity contribution is 6.30. The van der Waals surface area contributed by atoms with Gasteiger partial charge in [-0.05, 0) is 43.3 Å². The average molecular weight is 305 g/mol. The van der Waals surface area contributed by atoms with E-state index >= 15 is 0 Å². The zero-order chi connectivity index (χ0) is 15.2. The van der Waals surface area contributed by atoms with Gasteiger partial charge in [-0.25, -0.2) is 4.79 Å². The van der Waals surface area contributed by atoms with Crippen molar-refractivity contribution in [3.05, 3.63) is 64.4 Å². The molecule has 21 heavy (non-hydrogen) atoms. The molecule has 0 atom stereocenters. The number of hydrogen-bond acceptors (Lipinski definition) is 3. The molecule has 1 N–H and O–H groups in total. The summed E-state index contributed by atoms with van der Waals surface area (Å²) in [6.07, 6.45) is 2.32. The molecule has 110 valence electrons. The Morgan fingerprint density at radius 3 is 2.52 bits per heavy atom. The van der Waals surface area contributed by atoms with Gasteiger partial charge in [0.25, 0.3) is 0 Å². The first kappa shape index (κ1) is 15.5. The van der Waals surface area contributed by atoms with Gasteiger partial charge in [-0.3, -0.25) is 4.98 Å². The molecule has 2 rings (SSSR count). The molecule has 1 aromatic carbocycles. The van der Waals surface area contributed by atoms with Crippen molar-refractivity contribution in [1.29, 1.82) is 0 Å². The van der Waals surface area contributed by atoms with Gasteiger partial charge < -0.3 is 10.0 Å². The number of rotatable bonds is 6. The van der Waals surface area contributed by atoms with Gasteiger partial charge >= 0.3 is 5.97 Å². The van der Waals surface area contributed by atoms with Crippen LogP contribution in [0.25, 0.3) is 0 Å². The third kappa shape index (κ3) is 4.85. The smallest absolute Gasteiger partial charge is 0.337 e. The van der Waals surface area contributed by atoms with Gasteiger partial charge in [-0.1, -0.05) is 23.7 Å². The standard InChI is InChI=1S/C16H17ClN2O2/c1-19(9-8-12-2-5-14(17)6-3-12)11-15-7-4-13(10-18-15)16(20)21/h2-7,10H,8-9,11H2,1H3,(H,20,21). The predicted octanol–water partition coefficient (Wildman–Crippen LogP) is 3.11. The van der Waals surface area contributed by atoms with E-state index in [9.17, 15) is 4.79 Å². The van der Waals surface area contributed by atoms with Gasteiger partial charge in [0.2, 0.25) is 0 Å². The van der Waals surface area contributed by atoms with Crippen LogP contribution in [-0.2, 0) is 13.0 Å². The molecule has 1 heterocycles. The molecule has 0 radical (unpaired) electrons. The maximum atomic E-state index is 10.8. The minimum atomic E-state index is -0.954. The minimum absolute atomic E-state index is 0.211. The summed E-state index contributed by atoms with van der Waals surface area (Å²) in [7, 11) is 2.02. The van der Waals surface area contributed by atoms with Crippen molar-refractivity contribution in [2.75, 3.05) is 13.6 Å². The van der Waals surface area contributed by atoms with Crippen LogP contribution < -0.4 is 0 Å². The van der Waals surface area contributed by atoms with E-state index in [0.29, 0.717) is 6.54 Å². The Morgan fingerprint density at radius 2 is 1.95 bits per heavy atom. The fourth-order valence-electron chi connectivity index (χ4n) is 1.97. The second-order valence-corrected chi connectivity index (χ2v) is 5.39. The molecule has 0 saturated carbocycles. The summed E-state index contributed by atoms with van der Waals surface area (Å²) in [4.78, 5) is 17.1. The Morgan fingerprint density at radius 1 is 1.24 bits per heavy atom. The highest BCUT2D eigenvalue weighted by atomic mass is 35.5. The molecule has 0 unspecified atom stereocenters. The molecular weight excluding hydrogens is 288 g/mol. The number of aromatic carboxylic acids is 1. The number of carbonyl (C=O) groups is 1. The number of carboxylic acid groups (broad SMARTS) is 1. The van der Waals surface area contributed by atoms with Gasteiger partial charge in [-0.15, -0.1) is 0 Å². The van der Waals surface area contributed by atoms with E-state index < -0.39 is 5.97 Å². The van der Waals surface area contributed by atoms with Crippen LogP contribution in [0.15, 0.2) is 42.6 Å². The van der Waals surface area contributed by atoms with Crippen LogP contribution in [0.5, 0.6) is 0 Å². The minimum Gasteiger partial charge on any atom is -0.478 e. The number of hydrogen-bond donors (Lipinski definition) is 1. The van der Waals surface area contributed by atoms with Crippen molar-refractivity contribution < 1.29 is 9.90 Å². The van der Waals surface area contributed by atoms with Crippen molar-refractivity contribution in [2.45, 2.75) is 13.0 Å².